The summed E-state index contributed by atoms with van der Waals surface area (Å²) in [5.74, 6) is 0.405. The maximum Gasteiger partial charge on any atom is 0.242 e. The Morgan fingerprint density at radius 2 is 1.74 bits per heavy atom. The maximum atomic E-state index is 13.7. The highest BCUT2D eigenvalue weighted by atomic mass is 32.2. The molecule has 2 aromatic carbocycles. The van der Waals surface area contributed by atoms with Gasteiger partial charge in [0, 0.05) is 60.1 Å². The molecule has 1 aliphatic carbocycles. The number of methoxy groups -OCH3 is 1. The Bertz CT molecular complexity index is 1460. The summed E-state index contributed by atoms with van der Waals surface area (Å²) in [4.78, 5) is 29.3. The molecule has 3 aromatic rings. The van der Waals surface area contributed by atoms with Crippen molar-refractivity contribution in [1.82, 2.24) is 4.31 Å². The fraction of sp³-hybridized carbons (Fsp3) is 0.379. The predicted octanol–water partition coefficient (Wildman–Crippen LogP) is 4.14. The van der Waals surface area contributed by atoms with Crippen LogP contribution in [0.1, 0.15) is 54.4 Å². The van der Waals surface area contributed by atoms with Gasteiger partial charge in [0.25, 0.3) is 0 Å². The molecular weight excluding hydrogens is 536 g/mol. The fourth-order valence-corrected chi connectivity index (χ4v) is 7.14. The van der Waals surface area contributed by atoms with Crippen molar-refractivity contribution in [3.63, 3.8) is 0 Å². The smallest absolute Gasteiger partial charge is 0.242 e. The number of nitrogens with zero attached hydrogens (tertiary/aromatic N) is 1. The van der Waals surface area contributed by atoms with Gasteiger partial charge in [-0.05, 0) is 67.1 Å². The molecule has 0 amide bonds. The molecule has 39 heavy (non-hydrogen) atoms. The van der Waals surface area contributed by atoms with Crippen molar-refractivity contribution in [3.8, 4) is 5.75 Å². The number of Topliss-reactive ketones (excluding diaryl/α,β-unsaturated/α-hetero) is 2. The number of benzene rings is 2. The van der Waals surface area contributed by atoms with E-state index in [1.54, 1.807) is 13.2 Å². The molecule has 0 fully saturated rings. The van der Waals surface area contributed by atoms with Crippen LogP contribution >= 0.6 is 11.3 Å². The zero-order valence-corrected chi connectivity index (χ0v) is 24.1. The van der Waals surface area contributed by atoms with Gasteiger partial charge in [-0.3, -0.25) is 9.59 Å². The van der Waals surface area contributed by atoms with Gasteiger partial charge < -0.3 is 15.2 Å². The predicted molar refractivity (Wildman–Crippen MR) is 153 cm³/mol. The molecule has 0 spiro atoms. The van der Waals surface area contributed by atoms with Crippen LogP contribution in [0.3, 0.4) is 0 Å². The topological polar surface area (TPSA) is 113 Å². The number of carbonyl (C=O) groups excluding carboxylic acids is 2. The largest absolute Gasteiger partial charge is 0.497 e. The van der Waals surface area contributed by atoms with Crippen molar-refractivity contribution in [2.45, 2.75) is 43.4 Å². The van der Waals surface area contributed by atoms with E-state index in [0.29, 0.717) is 11.3 Å². The van der Waals surface area contributed by atoms with E-state index in [1.165, 1.54) is 37.6 Å². The van der Waals surface area contributed by atoms with Crippen LogP contribution in [0, 0.1) is 0 Å². The molecule has 1 aromatic heterocycles. The molecule has 1 heterocycles. The van der Waals surface area contributed by atoms with E-state index in [-0.39, 0.29) is 48.0 Å². The van der Waals surface area contributed by atoms with Gasteiger partial charge in [0.15, 0.2) is 11.6 Å². The Morgan fingerprint density at radius 3 is 2.41 bits per heavy atom. The van der Waals surface area contributed by atoms with Crippen molar-refractivity contribution in [3.05, 3.63) is 74.5 Å². The minimum atomic E-state index is -3.76. The number of aliphatic hydroxyl groups is 1. The van der Waals surface area contributed by atoms with Crippen LogP contribution in [-0.2, 0) is 35.7 Å². The van der Waals surface area contributed by atoms with Crippen molar-refractivity contribution in [2.24, 2.45) is 0 Å². The SMILES string of the molecule is COc1ccc(CC(=O)c2c(CC(=O)c3cc(S(=O)(=O)N(C)C)ccc3NCCO)sc3c2CCCC3)cc1. The number of ketones is 2. The Balaban J connectivity index is 1.70. The number of nitrogens with one attached hydrogen (secondary N) is 1. The van der Waals surface area contributed by atoms with Gasteiger partial charge >= 0.3 is 0 Å². The first-order valence-electron chi connectivity index (χ1n) is 12.9. The summed E-state index contributed by atoms with van der Waals surface area (Å²) in [7, 11) is 0.704. The summed E-state index contributed by atoms with van der Waals surface area (Å²) in [6.45, 7) is 0.0615. The van der Waals surface area contributed by atoms with E-state index >= 15 is 0 Å². The molecule has 0 radical (unpaired) electrons. The van der Waals surface area contributed by atoms with E-state index < -0.39 is 10.0 Å². The van der Waals surface area contributed by atoms with Gasteiger partial charge in [-0.25, -0.2) is 12.7 Å². The van der Waals surface area contributed by atoms with Crippen LogP contribution < -0.4 is 10.1 Å². The molecule has 10 heteroatoms. The van der Waals surface area contributed by atoms with Crippen LogP contribution in [-0.4, -0.2) is 63.8 Å². The number of anilines is 1. The summed E-state index contributed by atoms with van der Waals surface area (Å²) in [6.07, 6.45) is 3.95. The normalized spacial score (nSPS) is 13.3. The number of ether oxygens (including phenoxy) is 1. The lowest BCUT2D eigenvalue weighted by atomic mass is 9.90. The Morgan fingerprint density at radius 1 is 1.03 bits per heavy atom. The number of fused-ring (bicyclic) bond motifs is 1. The third kappa shape index (κ3) is 6.41. The Kier molecular flexibility index (Phi) is 9.22. The molecule has 4 rings (SSSR count). The number of hydrogen-bond acceptors (Lipinski definition) is 8. The van der Waals surface area contributed by atoms with E-state index in [4.69, 9.17) is 4.74 Å². The number of aryl methyl sites for hydroxylation is 1. The van der Waals surface area contributed by atoms with Gasteiger partial charge in [-0.1, -0.05) is 12.1 Å². The van der Waals surface area contributed by atoms with E-state index in [2.05, 4.69) is 5.32 Å². The second-order valence-electron chi connectivity index (χ2n) is 9.70. The fourth-order valence-electron chi connectivity index (χ4n) is 4.80. The van der Waals surface area contributed by atoms with Gasteiger partial charge in [0.2, 0.25) is 10.0 Å². The molecule has 0 unspecified atom stereocenters. The molecule has 0 saturated heterocycles. The summed E-state index contributed by atoms with van der Waals surface area (Å²) in [5, 5.41) is 12.3. The third-order valence-electron chi connectivity index (χ3n) is 6.87. The highest BCUT2D eigenvalue weighted by molar-refractivity contribution is 7.89. The second-order valence-corrected chi connectivity index (χ2v) is 13.0. The summed E-state index contributed by atoms with van der Waals surface area (Å²) in [5.41, 5.74) is 3.22. The number of hydrogen-bond donors (Lipinski definition) is 2. The average molecular weight is 571 g/mol. The zero-order valence-electron chi connectivity index (χ0n) is 22.5. The summed E-state index contributed by atoms with van der Waals surface area (Å²) >= 11 is 1.52. The molecule has 8 nitrogen and oxygen atoms in total. The highest BCUT2D eigenvalue weighted by Gasteiger charge is 2.28. The van der Waals surface area contributed by atoms with E-state index in [0.717, 1.165) is 56.6 Å². The number of aliphatic hydroxyl groups excluding tert-OH is 1. The number of sulfonamides is 1. The lowest BCUT2D eigenvalue weighted by Gasteiger charge is -2.16. The minimum Gasteiger partial charge on any atom is -0.497 e. The molecule has 0 saturated carbocycles. The number of rotatable bonds is 12. The van der Waals surface area contributed by atoms with Crippen molar-refractivity contribution < 1.29 is 27.9 Å². The van der Waals surface area contributed by atoms with E-state index in [1.807, 2.05) is 24.3 Å². The van der Waals surface area contributed by atoms with Crippen LogP contribution in [0.2, 0.25) is 0 Å². The standard InChI is InChI=1S/C29H34N2O6S2/c1-31(2)39(35,36)21-12-13-24(30-14-15-32)23(17-21)25(33)18-28-29(22-6-4-5-7-27(22)38-28)26(34)16-19-8-10-20(37-3)11-9-19/h8-13,17,30,32H,4-7,14-16,18H2,1-3H3. The molecule has 208 valence electrons. The first kappa shape index (κ1) is 28.9. The monoisotopic (exact) mass is 570 g/mol. The van der Waals surface area contributed by atoms with Crippen LogP contribution in [0.15, 0.2) is 47.4 Å². The Labute approximate surface area is 233 Å². The molecule has 1 aliphatic rings. The van der Waals surface area contributed by atoms with Crippen molar-refractivity contribution in [2.75, 3.05) is 39.7 Å². The molecular formula is C29H34N2O6S2. The van der Waals surface area contributed by atoms with Gasteiger partial charge in [0.1, 0.15) is 5.75 Å². The third-order valence-corrected chi connectivity index (χ3v) is 9.97. The molecule has 0 bridgehead atoms. The number of thiophene rings is 1. The lowest BCUT2D eigenvalue weighted by molar-refractivity contribution is 0.0989. The quantitative estimate of drug-likeness (QED) is 0.315. The summed E-state index contributed by atoms with van der Waals surface area (Å²) < 4.78 is 31.9. The van der Waals surface area contributed by atoms with Crippen molar-refractivity contribution in [1.29, 1.82) is 0 Å². The maximum absolute atomic E-state index is 13.7. The van der Waals surface area contributed by atoms with Gasteiger partial charge in [-0.2, -0.15) is 0 Å². The summed E-state index contributed by atoms with van der Waals surface area (Å²) in [6, 6.07) is 11.8. The first-order chi connectivity index (χ1) is 18.6. The van der Waals surface area contributed by atoms with Crippen LogP contribution in [0.5, 0.6) is 5.75 Å². The van der Waals surface area contributed by atoms with Crippen molar-refractivity contribution >= 4 is 38.6 Å². The minimum absolute atomic E-state index is 0.00618. The highest BCUT2D eigenvalue weighted by Crippen LogP contribution is 2.37. The number of carbonyl (C=O) groups is 2. The second kappa shape index (κ2) is 12.4. The van der Waals surface area contributed by atoms with Crippen LogP contribution in [0.25, 0.3) is 0 Å². The Hall–Kier alpha value is -3.05. The van der Waals surface area contributed by atoms with E-state index in [9.17, 15) is 23.1 Å². The average Bonchev–Trinajstić information content (AvgIpc) is 3.29. The lowest BCUT2D eigenvalue weighted by Crippen LogP contribution is -2.23. The van der Waals surface area contributed by atoms with Crippen LogP contribution in [0.4, 0.5) is 5.69 Å². The van der Waals surface area contributed by atoms with Gasteiger partial charge in [-0.15, -0.1) is 11.3 Å². The molecule has 2 N–H and O–H groups in total. The zero-order chi connectivity index (χ0) is 28.2. The first-order valence-corrected chi connectivity index (χ1v) is 15.2. The van der Waals surface area contributed by atoms with Gasteiger partial charge in [0.05, 0.1) is 18.6 Å². The molecule has 0 aliphatic heterocycles. The molecule has 0 atom stereocenters.